The van der Waals surface area contributed by atoms with Crippen molar-refractivity contribution in [1.82, 2.24) is 4.90 Å². The van der Waals surface area contributed by atoms with Crippen molar-refractivity contribution in [2.24, 2.45) is 5.92 Å². The number of anilines is 5. The van der Waals surface area contributed by atoms with Crippen molar-refractivity contribution in [3.63, 3.8) is 0 Å². The number of amides is 4. The van der Waals surface area contributed by atoms with Crippen LogP contribution in [0, 0.1) is 5.92 Å². The molecule has 0 radical (unpaired) electrons. The molecule has 1 fully saturated rings. The Morgan fingerprint density at radius 2 is 1.37 bits per heavy atom. The number of rotatable bonds is 10. The van der Waals surface area contributed by atoms with Gasteiger partial charge in [0.25, 0.3) is 17.7 Å². The standard InChI is InChI=1S/C56H54N4O9Si/c1-35-54(70(3,4)43-23-21-42(66-2)22-24-43)50(29-51(62)57-31-38-14-6-5-13-37(38)27-41(57)32-61)69-56(35)44-28-40(60-47-17-8-10-19-49(47)68-34-53(60)64)20-25-45(44)58(55(56)65)30-36-12-11-15-39(26-36)59-46-16-7-9-18-48(46)67-33-52(59)63/h5-26,28,35,41,50,54,61H,27,29-34H2,1-4H3/t35-,41-,50+,54-,56+/m0/s1. The lowest BCUT2D eigenvalue weighted by Crippen LogP contribution is -2.52. The summed E-state index contributed by atoms with van der Waals surface area (Å²) in [7, 11) is -1.08. The molecule has 13 nitrogen and oxygen atoms in total. The van der Waals surface area contributed by atoms with Crippen LogP contribution >= 0.6 is 0 Å². The van der Waals surface area contributed by atoms with Crippen molar-refractivity contribution in [3.05, 3.63) is 162 Å². The summed E-state index contributed by atoms with van der Waals surface area (Å²) in [6.07, 6.45) is -0.207. The summed E-state index contributed by atoms with van der Waals surface area (Å²) >= 11 is 0. The summed E-state index contributed by atoms with van der Waals surface area (Å²) in [6, 6.07) is 43.8. The third-order valence-electron chi connectivity index (χ3n) is 15.3. The van der Waals surface area contributed by atoms with Crippen LogP contribution in [0.3, 0.4) is 0 Å². The number of aliphatic hydroxyl groups excluding tert-OH is 1. The zero-order valence-electron chi connectivity index (χ0n) is 39.5. The highest BCUT2D eigenvalue weighted by molar-refractivity contribution is 6.91. The third kappa shape index (κ3) is 7.35. The maximum atomic E-state index is 16.1. The van der Waals surface area contributed by atoms with Crippen molar-refractivity contribution in [1.29, 1.82) is 0 Å². The van der Waals surface area contributed by atoms with Gasteiger partial charge in [-0.25, -0.2) is 0 Å². The summed E-state index contributed by atoms with van der Waals surface area (Å²) < 4.78 is 24.7. The molecule has 0 aromatic heterocycles. The van der Waals surface area contributed by atoms with Gasteiger partial charge in [-0.15, -0.1) is 0 Å². The van der Waals surface area contributed by atoms with Gasteiger partial charge in [0, 0.05) is 29.4 Å². The zero-order chi connectivity index (χ0) is 48.5. The summed E-state index contributed by atoms with van der Waals surface area (Å²) in [5.41, 5.74) is 4.68. The number of aliphatic hydroxyl groups is 1. The first-order valence-corrected chi connectivity index (χ1v) is 26.9. The molecule has 0 bridgehead atoms. The van der Waals surface area contributed by atoms with Crippen molar-refractivity contribution in [2.75, 3.05) is 41.6 Å². The second-order valence-corrected chi connectivity index (χ2v) is 24.1. The highest BCUT2D eigenvalue weighted by Gasteiger charge is 2.67. The monoisotopic (exact) mass is 954 g/mol. The Balaban J connectivity index is 1.03. The molecule has 11 rings (SSSR count). The molecule has 356 valence electrons. The molecular formula is C56H54N4O9Si. The van der Waals surface area contributed by atoms with E-state index in [1.54, 1.807) is 26.7 Å². The Morgan fingerprint density at radius 3 is 2.03 bits per heavy atom. The number of fused-ring (bicyclic) bond motifs is 5. The lowest BCUT2D eigenvalue weighted by molar-refractivity contribution is -0.151. The van der Waals surface area contributed by atoms with Crippen molar-refractivity contribution in [3.8, 4) is 17.2 Å². The number of carbonyl (C=O) groups excluding carboxylic acids is 4. The summed E-state index contributed by atoms with van der Waals surface area (Å²) in [6.45, 7) is 6.66. The van der Waals surface area contributed by atoms with E-state index in [9.17, 15) is 19.5 Å². The molecule has 5 aliphatic rings. The first kappa shape index (κ1) is 45.2. The van der Waals surface area contributed by atoms with Crippen LogP contribution in [0.5, 0.6) is 17.2 Å². The molecule has 0 aliphatic carbocycles. The van der Waals surface area contributed by atoms with Crippen LogP contribution in [-0.4, -0.2) is 80.8 Å². The van der Waals surface area contributed by atoms with Crippen LogP contribution in [0.15, 0.2) is 140 Å². The average molecular weight is 955 g/mol. The van der Waals surface area contributed by atoms with E-state index in [-0.39, 0.29) is 62.0 Å². The van der Waals surface area contributed by atoms with Gasteiger partial charge in [0.05, 0.1) is 64.0 Å². The molecule has 70 heavy (non-hydrogen) atoms. The van der Waals surface area contributed by atoms with Gasteiger partial charge in [-0.05, 0) is 95.4 Å². The van der Waals surface area contributed by atoms with Gasteiger partial charge in [0.1, 0.15) is 17.2 Å². The van der Waals surface area contributed by atoms with Gasteiger partial charge >= 0.3 is 0 Å². The smallest absolute Gasteiger partial charge is 0.269 e. The number of carbonyl (C=O) groups is 4. The van der Waals surface area contributed by atoms with E-state index in [2.05, 4.69) is 32.2 Å². The summed E-state index contributed by atoms with van der Waals surface area (Å²) in [5.74, 6) is 0.499. The fourth-order valence-electron chi connectivity index (χ4n) is 11.9. The van der Waals surface area contributed by atoms with Gasteiger partial charge in [-0.1, -0.05) is 98.0 Å². The third-order valence-corrected chi connectivity index (χ3v) is 19.6. The molecule has 1 N–H and O–H groups in total. The van der Waals surface area contributed by atoms with E-state index in [4.69, 9.17) is 18.9 Å². The van der Waals surface area contributed by atoms with Crippen molar-refractivity contribution in [2.45, 2.75) is 69.2 Å². The summed E-state index contributed by atoms with van der Waals surface area (Å²) in [5, 5.41) is 11.8. The number of hydrogen-bond donors (Lipinski definition) is 1. The zero-order valence-corrected chi connectivity index (χ0v) is 40.5. The Hall–Kier alpha value is -7.26. The van der Waals surface area contributed by atoms with Gasteiger partial charge in [-0.3, -0.25) is 29.0 Å². The molecule has 5 atom stereocenters. The average Bonchev–Trinajstić information content (AvgIpc) is 3.80. The van der Waals surface area contributed by atoms with Crippen LogP contribution < -0.4 is 34.1 Å². The predicted molar refractivity (Wildman–Crippen MR) is 268 cm³/mol. The quantitative estimate of drug-likeness (QED) is 0.136. The molecule has 0 unspecified atom stereocenters. The normalized spacial score (nSPS) is 22.6. The molecule has 1 spiro atoms. The van der Waals surface area contributed by atoms with Crippen LogP contribution in [0.2, 0.25) is 18.6 Å². The number of benzene rings is 6. The maximum Gasteiger partial charge on any atom is 0.269 e. The maximum absolute atomic E-state index is 16.1. The van der Waals surface area contributed by atoms with E-state index in [0.29, 0.717) is 58.5 Å². The fourth-order valence-corrected chi connectivity index (χ4v) is 15.9. The van der Waals surface area contributed by atoms with E-state index >= 15 is 4.79 Å². The first-order valence-electron chi connectivity index (χ1n) is 23.9. The molecule has 5 aliphatic heterocycles. The topological polar surface area (TPSA) is 138 Å². The molecule has 6 aromatic carbocycles. The van der Waals surface area contributed by atoms with Crippen LogP contribution in [0.4, 0.5) is 28.4 Å². The molecule has 0 saturated carbocycles. The van der Waals surface area contributed by atoms with Crippen LogP contribution in [0.25, 0.3) is 0 Å². The predicted octanol–water partition coefficient (Wildman–Crippen LogP) is 7.91. The Labute approximate surface area is 407 Å². The van der Waals surface area contributed by atoms with E-state index in [0.717, 1.165) is 27.6 Å². The Kier molecular flexibility index (Phi) is 11.4. The van der Waals surface area contributed by atoms with Crippen LogP contribution in [0.1, 0.15) is 35.6 Å². The second kappa shape index (κ2) is 17.6. The molecule has 6 aromatic rings. The first-order chi connectivity index (χ1) is 33.9. The number of methoxy groups -OCH3 is 1. The van der Waals surface area contributed by atoms with Crippen LogP contribution in [-0.2, 0) is 49.0 Å². The SMILES string of the molecule is COc1ccc([Si](C)(C)[C@@H]2[C@@H](CC(=O)N3Cc4ccccc4C[C@H]3CO)O[C@]3(C(=O)N(Cc4cccc(N5C(=O)COc6ccccc65)c4)c4ccc(N5C(=O)COc6ccccc65)cc43)[C@H]2C)cc1. The molecule has 4 amide bonds. The number of para-hydroxylation sites is 4. The number of nitrogens with zero attached hydrogens (tertiary/aromatic N) is 4. The van der Waals surface area contributed by atoms with Gasteiger partial charge in [-0.2, -0.15) is 0 Å². The minimum atomic E-state index is -2.71. The second-order valence-electron chi connectivity index (χ2n) is 19.4. The molecule has 1 saturated heterocycles. The summed E-state index contributed by atoms with van der Waals surface area (Å²) in [4.78, 5) is 65.3. The van der Waals surface area contributed by atoms with Gasteiger partial charge in [0.2, 0.25) is 5.91 Å². The Morgan fingerprint density at radius 1 is 0.743 bits per heavy atom. The highest BCUT2D eigenvalue weighted by atomic mass is 28.3. The minimum Gasteiger partial charge on any atom is -0.497 e. The van der Waals surface area contributed by atoms with E-state index < -0.39 is 31.7 Å². The highest BCUT2D eigenvalue weighted by Crippen LogP contribution is 2.61. The fraction of sp³-hybridized carbons (Fsp3) is 0.286. The van der Waals surface area contributed by atoms with Gasteiger partial charge < -0.3 is 33.9 Å². The lowest BCUT2D eigenvalue weighted by Gasteiger charge is -2.39. The van der Waals surface area contributed by atoms with Crippen molar-refractivity contribution < 1.29 is 43.2 Å². The van der Waals surface area contributed by atoms with E-state index in [1.165, 1.54) is 0 Å². The lowest BCUT2D eigenvalue weighted by atomic mass is 9.82. The number of ether oxygens (including phenoxy) is 4. The van der Waals surface area contributed by atoms with Crippen molar-refractivity contribution >= 4 is 65.3 Å². The minimum absolute atomic E-state index is 0.0171. The number of hydrogen-bond acceptors (Lipinski definition) is 9. The molecular weight excluding hydrogens is 901 g/mol. The molecule has 5 heterocycles. The Bertz CT molecular complexity index is 3070. The van der Waals surface area contributed by atoms with E-state index in [1.807, 2.05) is 127 Å². The van der Waals surface area contributed by atoms with Gasteiger partial charge in [0.15, 0.2) is 18.8 Å². The largest absolute Gasteiger partial charge is 0.497 e. The molecule has 14 heteroatoms.